The zero-order chi connectivity index (χ0) is 64.7. The number of nitrogens with zero attached hydrogens (tertiary/aromatic N) is 4. The Morgan fingerprint density at radius 2 is 0.360 bits per heavy atom. The van der Waals surface area contributed by atoms with Crippen LogP contribution in [0, 0.1) is 0 Å². The summed E-state index contributed by atoms with van der Waals surface area (Å²) >= 11 is 0. The van der Waals surface area contributed by atoms with Crippen LogP contribution in [0.1, 0.15) is 0 Å². The maximum absolute atomic E-state index is 6.80. The predicted octanol–water partition coefficient (Wildman–Crippen LogP) is 25.8. The second kappa shape index (κ2) is 19.1. The maximum Gasteiger partial charge on any atom is 0.139 e. The molecule has 0 aliphatic heterocycles. The van der Waals surface area contributed by atoms with E-state index in [4.69, 9.17) is 26.5 Å². The first-order valence-electron chi connectivity index (χ1n) is 33.7. The molecule has 0 amide bonds. The van der Waals surface area contributed by atoms with Crippen LogP contribution in [-0.4, -0.2) is 13.7 Å². The Bertz CT molecular complexity index is 6880. The van der Waals surface area contributed by atoms with Gasteiger partial charge >= 0.3 is 0 Å². The van der Waals surface area contributed by atoms with Crippen molar-refractivity contribution in [1.82, 2.24) is 13.7 Å². The van der Waals surface area contributed by atoms with Gasteiger partial charge in [-0.25, -0.2) is 0 Å². The van der Waals surface area contributed by atoms with Gasteiger partial charge in [-0.05, 0) is 164 Å². The van der Waals surface area contributed by atoms with E-state index in [0.717, 1.165) is 199 Å². The molecule has 0 spiro atoms. The molecule has 9 aromatic heterocycles. The van der Waals surface area contributed by atoms with Gasteiger partial charge in [-0.2, -0.15) is 0 Å². The number of fused-ring (bicyclic) bond motifs is 27. The third-order valence-electron chi connectivity index (χ3n) is 21.4. The van der Waals surface area contributed by atoms with Gasteiger partial charge in [-0.3, -0.25) is 0 Å². The molecular weight excluding hydrogens is 1230 g/mol. The summed E-state index contributed by atoms with van der Waals surface area (Å²) in [7, 11) is 0. The van der Waals surface area contributed by atoms with E-state index >= 15 is 0 Å². The maximum atomic E-state index is 6.80. The largest absolute Gasteiger partial charge is 0.456 e. The number of anilines is 3. The molecule has 0 aliphatic rings. The first-order chi connectivity index (χ1) is 49.5. The molecular formula is C90H48N4O6. The van der Waals surface area contributed by atoms with Crippen molar-refractivity contribution in [2.24, 2.45) is 0 Å². The van der Waals surface area contributed by atoms with Crippen molar-refractivity contribution in [1.29, 1.82) is 0 Å². The monoisotopic (exact) mass is 1280 g/mol. The van der Waals surface area contributed by atoms with Crippen molar-refractivity contribution < 1.29 is 26.5 Å². The van der Waals surface area contributed by atoms with Crippen LogP contribution >= 0.6 is 0 Å². The Labute approximate surface area is 564 Å². The number of hydrogen-bond acceptors (Lipinski definition) is 7. The molecule has 0 atom stereocenters. The fraction of sp³-hybridized carbons (Fsp3) is 0. The summed E-state index contributed by atoms with van der Waals surface area (Å²) in [5.74, 6) is 0. The number of aromatic nitrogens is 3. The number of para-hydroxylation sites is 6. The highest BCUT2D eigenvalue weighted by molar-refractivity contribution is 6.21. The number of benzene rings is 15. The third kappa shape index (κ3) is 7.14. The van der Waals surface area contributed by atoms with Crippen LogP contribution in [0.5, 0.6) is 0 Å². The smallest absolute Gasteiger partial charge is 0.139 e. The topological polar surface area (TPSA) is 96.9 Å². The minimum Gasteiger partial charge on any atom is -0.456 e. The molecule has 0 fully saturated rings. The average molecular weight is 1280 g/mol. The van der Waals surface area contributed by atoms with Gasteiger partial charge in [-0.1, -0.05) is 109 Å². The SMILES string of the molecule is c1ccc2c(c1)c1ccccc1n2-c1ccc2oc3cc4oc5ccc(N(c6ccc7oc8cc9oc%10ccc(-n%11c%12ccccc%12c%12ccccc%12%11)cc%10c9cc8c7c6)c6ccc7oc8cc9oc%10ccc(-n%11c%12ccccc%12c%12ccccc%12%11)cc%10c9cc8c7c6)cc5c4cc3c2c1. The molecule has 0 N–H and O–H groups in total. The van der Waals surface area contributed by atoms with Gasteiger partial charge in [0.25, 0.3) is 0 Å². The molecule has 464 valence electrons. The fourth-order valence-electron chi connectivity index (χ4n) is 17.0. The molecule has 24 rings (SSSR count). The van der Waals surface area contributed by atoms with E-state index in [9.17, 15) is 0 Å². The highest BCUT2D eigenvalue weighted by Gasteiger charge is 2.25. The van der Waals surface area contributed by atoms with Crippen molar-refractivity contribution in [3.8, 4) is 17.1 Å². The second-order valence-electron chi connectivity index (χ2n) is 26.7. The third-order valence-corrected chi connectivity index (χ3v) is 21.4. The van der Waals surface area contributed by atoms with E-state index in [1.54, 1.807) is 0 Å². The van der Waals surface area contributed by atoms with E-state index in [0.29, 0.717) is 0 Å². The second-order valence-corrected chi connectivity index (χ2v) is 26.7. The number of hydrogen-bond donors (Lipinski definition) is 0. The van der Waals surface area contributed by atoms with E-state index < -0.39 is 0 Å². The van der Waals surface area contributed by atoms with Gasteiger partial charge in [0.1, 0.15) is 67.0 Å². The van der Waals surface area contributed by atoms with Crippen LogP contribution in [0.15, 0.2) is 318 Å². The van der Waals surface area contributed by atoms with Crippen LogP contribution < -0.4 is 4.90 Å². The van der Waals surface area contributed by atoms with E-state index in [1.807, 2.05) is 0 Å². The molecule has 10 nitrogen and oxygen atoms in total. The molecule has 0 unspecified atom stereocenters. The molecule has 24 aromatic rings. The highest BCUT2D eigenvalue weighted by atomic mass is 16.4. The van der Waals surface area contributed by atoms with Gasteiger partial charge in [0.2, 0.25) is 0 Å². The standard InChI is InChI=1S/C90H48N4O6/c1-7-19-73-55(13-1)56-14-2-8-20-74(56)92(73)52-28-34-82-64(40-52)70-43-67-61-37-49(25-31-79(61)95-85(67)46-88(70)98-82)91(50-26-32-80-62(38-50)68-44-71-65-41-53(29-35-83(65)99-89(71)47-86(68)96-80)93-75-21-9-3-15-57(75)58-16-4-10-22-76(58)93)51-27-33-81-63(39-51)69-45-72-66-42-54(30-36-84(66)100-90(72)48-87(69)97-81)94-77-23-11-5-17-59(77)60-18-6-12-24-78(60)94/h1-48H. The summed E-state index contributed by atoms with van der Waals surface area (Å²) < 4.78 is 47.5. The number of rotatable bonds is 6. The minimum atomic E-state index is 0.742. The minimum absolute atomic E-state index is 0.742. The Hall–Kier alpha value is -13.7. The van der Waals surface area contributed by atoms with E-state index in [-0.39, 0.29) is 0 Å². The number of furan rings is 6. The summed E-state index contributed by atoms with van der Waals surface area (Å²) in [6, 6.07) is 104. The predicted molar refractivity (Wildman–Crippen MR) is 408 cm³/mol. The van der Waals surface area contributed by atoms with Crippen molar-refractivity contribution in [2.75, 3.05) is 4.90 Å². The van der Waals surface area contributed by atoms with Crippen LogP contribution in [0.3, 0.4) is 0 Å². The molecule has 9 heterocycles. The lowest BCUT2D eigenvalue weighted by molar-refractivity contribution is 0.655. The summed E-state index contributed by atoms with van der Waals surface area (Å²) in [4.78, 5) is 2.34. The average Bonchev–Trinajstić information content (AvgIpc) is 1.59. The molecule has 0 saturated carbocycles. The van der Waals surface area contributed by atoms with Crippen molar-refractivity contribution in [3.63, 3.8) is 0 Å². The lowest BCUT2D eigenvalue weighted by Gasteiger charge is -2.25. The Morgan fingerprint density at radius 3 is 0.600 bits per heavy atom. The van der Waals surface area contributed by atoms with E-state index in [1.165, 1.54) is 32.3 Å². The van der Waals surface area contributed by atoms with Crippen LogP contribution in [0.4, 0.5) is 17.1 Å². The molecule has 0 saturated heterocycles. The van der Waals surface area contributed by atoms with Gasteiger partial charge in [-0.15, -0.1) is 0 Å². The van der Waals surface area contributed by atoms with Crippen molar-refractivity contribution >= 4 is 214 Å². The molecule has 0 bridgehead atoms. The molecule has 15 aromatic carbocycles. The Balaban J connectivity index is 0.696. The summed E-state index contributed by atoms with van der Waals surface area (Å²) in [6.07, 6.45) is 0. The highest BCUT2D eigenvalue weighted by Crippen LogP contribution is 2.48. The molecule has 10 heteroatoms. The lowest BCUT2D eigenvalue weighted by atomic mass is 10.0. The van der Waals surface area contributed by atoms with Crippen LogP contribution in [0.25, 0.3) is 214 Å². The van der Waals surface area contributed by atoms with Gasteiger partial charge in [0.15, 0.2) is 0 Å². The zero-order valence-corrected chi connectivity index (χ0v) is 53.0. The van der Waals surface area contributed by atoms with Crippen LogP contribution in [0.2, 0.25) is 0 Å². The summed E-state index contributed by atoms with van der Waals surface area (Å²) in [5, 5.41) is 19.3. The van der Waals surface area contributed by atoms with Crippen molar-refractivity contribution in [3.05, 3.63) is 291 Å². The summed E-state index contributed by atoms with van der Waals surface area (Å²) in [5.41, 5.74) is 22.1. The van der Waals surface area contributed by atoms with Gasteiger partial charge in [0, 0.05) is 149 Å². The molecule has 0 radical (unpaired) electrons. The van der Waals surface area contributed by atoms with Gasteiger partial charge in [0.05, 0.1) is 33.1 Å². The first kappa shape index (κ1) is 52.6. The normalized spacial score (nSPS) is 12.6. The Kier molecular flexibility index (Phi) is 10.0. The fourth-order valence-corrected chi connectivity index (χ4v) is 17.0. The zero-order valence-electron chi connectivity index (χ0n) is 53.0. The lowest BCUT2D eigenvalue weighted by Crippen LogP contribution is -2.09. The summed E-state index contributed by atoms with van der Waals surface area (Å²) in [6.45, 7) is 0. The molecule has 0 aliphatic carbocycles. The first-order valence-corrected chi connectivity index (χ1v) is 33.7. The van der Waals surface area contributed by atoms with Gasteiger partial charge < -0.3 is 45.1 Å². The van der Waals surface area contributed by atoms with Crippen molar-refractivity contribution in [2.45, 2.75) is 0 Å². The quantitative estimate of drug-likeness (QED) is 0.164. The Morgan fingerprint density at radius 1 is 0.160 bits per heavy atom. The van der Waals surface area contributed by atoms with E-state index in [2.05, 4.69) is 310 Å². The van der Waals surface area contributed by atoms with Crippen LogP contribution in [-0.2, 0) is 0 Å². The molecule has 100 heavy (non-hydrogen) atoms.